The summed E-state index contributed by atoms with van der Waals surface area (Å²) in [5, 5.41) is 3.37. The summed E-state index contributed by atoms with van der Waals surface area (Å²) in [5.74, 6) is -1.10. The van der Waals surface area contributed by atoms with Gasteiger partial charge in [-0.25, -0.2) is 13.8 Å². The molecule has 0 spiro atoms. The Kier molecular flexibility index (Phi) is 3.27. The molecule has 0 aliphatic rings. The van der Waals surface area contributed by atoms with E-state index >= 15 is 0 Å². The predicted octanol–water partition coefficient (Wildman–Crippen LogP) is 4.67. The lowest BCUT2D eigenvalue weighted by Crippen LogP contribution is -2.00. The fourth-order valence-electron chi connectivity index (χ4n) is 1.85. The summed E-state index contributed by atoms with van der Waals surface area (Å²) < 4.78 is 27.3. The monoisotopic (exact) mass is 311 g/mol. The molecule has 0 radical (unpaired) electrons. The van der Waals surface area contributed by atoms with Crippen LogP contribution in [-0.4, -0.2) is 9.97 Å². The molecule has 0 saturated heterocycles. The Morgan fingerprint density at radius 3 is 2.60 bits per heavy atom. The zero-order valence-electron chi connectivity index (χ0n) is 10.2. The Labute approximate surface area is 122 Å². The molecule has 2 aromatic heterocycles. The van der Waals surface area contributed by atoms with Gasteiger partial charge in [-0.2, -0.15) is 4.98 Å². The van der Waals surface area contributed by atoms with Gasteiger partial charge >= 0.3 is 0 Å². The summed E-state index contributed by atoms with van der Waals surface area (Å²) in [6.45, 7) is 1.91. The minimum absolute atomic E-state index is 0.0265. The van der Waals surface area contributed by atoms with Crippen LogP contribution in [0, 0.1) is 18.6 Å². The second-order valence-corrected chi connectivity index (χ2v) is 5.71. The van der Waals surface area contributed by atoms with Gasteiger partial charge in [0.05, 0.1) is 5.39 Å². The van der Waals surface area contributed by atoms with Crippen molar-refractivity contribution in [2.45, 2.75) is 6.92 Å². The van der Waals surface area contributed by atoms with Crippen molar-refractivity contribution in [1.82, 2.24) is 9.97 Å². The van der Waals surface area contributed by atoms with Crippen molar-refractivity contribution >= 4 is 44.7 Å². The maximum atomic E-state index is 13.7. The molecule has 1 N–H and O–H groups in total. The van der Waals surface area contributed by atoms with Crippen LogP contribution in [0.3, 0.4) is 0 Å². The molecule has 0 aliphatic heterocycles. The van der Waals surface area contributed by atoms with Gasteiger partial charge in [0.2, 0.25) is 5.28 Å². The number of aromatic nitrogens is 2. The van der Waals surface area contributed by atoms with E-state index in [4.69, 9.17) is 11.6 Å². The topological polar surface area (TPSA) is 37.8 Å². The zero-order chi connectivity index (χ0) is 14.3. The maximum absolute atomic E-state index is 13.7. The van der Waals surface area contributed by atoms with Crippen molar-refractivity contribution < 1.29 is 8.78 Å². The highest BCUT2D eigenvalue weighted by molar-refractivity contribution is 7.18. The number of thiophene rings is 1. The summed E-state index contributed by atoms with van der Waals surface area (Å²) in [6.07, 6.45) is 0. The number of nitrogens with zero attached hydrogens (tertiary/aromatic N) is 2. The summed E-state index contributed by atoms with van der Waals surface area (Å²) >= 11 is 7.27. The van der Waals surface area contributed by atoms with E-state index < -0.39 is 11.6 Å². The number of fused-ring (bicyclic) bond motifs is 1. The molecule has 0 saturated carbocycles. The first-order valence-electron chi connectivity index (χ1n) is 5.69. The predicted molar refractivity (Wildman–Crippen MR) is 76.8 cm³/mol. The second kappa shape index (κ2) is 4.96. The van der Waals surface area contributed by atoms with E-state index in [1.54, 1.807) is 0 Å². The molecule has 3 rings (SSSR count). The first-order valence-corrected chi connectivity index (χ1v) is 6.89. The third kappa shape index (κ3) is 2.32. The van der Waals surface area contributed by atoms with Crippen LogP contribution in [0.15, 0.2) is 24.3 Å². The number of anilines is 2. The van der Waals surface area contributed by atoms with E-state index in [9.17, 15) is 8.78 Å². The second-order valence-electron chi connectivity index (χ2n) is 4.14. The largest absolute Gasteiger partial charge is 0.335 e. The minimum atomic E-state index is -0.695. The Balaban J connectivity index is 2.15. The molecule has 20 heavy (non-hydrogen) atoms. The lowest BCUT2D eigenvalue weighted by molar-refractivity contribution is 0.590. The maximum Gasteiger partial charge on any atom is 0.225 e. The van der Waals surface area contributed by atoms with E-state index in [1.165, 1.54) is 29.5 Å². The summed E-state index contributed by atoms with van der Waals surface area (Å²) in [6, 6.07) is 5.49. The molecule has 0 bridgehead atoms. The van der Waals surface area contributed by atoms with Gasteiger partial charge in [-0.05, 0) is 36.7 Å². The van der Waals surface area contributed by atoms with Gasteiger partial charge in [0, 0.05) is 4.88 Å². The highest BCUT2D eigenvalue weighted by Crippen LogP contribution is 2.32. The zero-order valence-corrected chi connectivity index (χ0v) is 11.8. The van der Waals surface area contributed by atoms with Crippen molar-refractivity contribution in [2.75, 3.05) is 5.32 Å². The third-order valence-electron chi connectivity index (χ3n) is 2.69. The molecule has 0 atom stereocenters. The molecule has 3 nitrogen and oxygen atoms in total. The van der Waals surface area contributed by atoms with Crippen molar-refractivity contribution in [3.63, 3.8) is 0 Å². The first-order chi connectivity index (χ1) is 9.54. The van der Waals surface area contributed by atoms with Crippen LogP contribution in [0.5, 0.6) is 0 Å². The van der Waals surface area contributed by atoms with Crippen LogP contribution >= 0.6 is 22.9 Å². The van der Waals surface area contributed by atoms with Crippen molar-refractivity contribution in [3.8, 4) is 0 Å². The molecule has 102 valence electrons. The van der Waals surface area contributed by atoms with Crippen molar-refractivity contribution in [2.24, 2.45) is 0 Å². The van der Waals surface area contributed by atoms with Crippen LogP contribution in [0.1, 0.15) is 4.88 Å². The molecule has 0 fully saturated rings. The van der Waals surface area contributed by atoms with E-state index in [2.05, 4.69) is 15.3 Å². The highest BCUT2D eigenvalue weighted by atomic mass is 35.5. The van der Waals surface area contributed by atoms with Crippen molar-refractivity contribution in [1.29, 1.82) is 0 Å². The van der Waals surface area contributed by atoms with Gasteiger partial charge in [0.25, 0.3) is 0 Å². The lowest BCUT2D eigenvalue weighted by atomic mass is 10.2. The van der Waals surface area contributed by atoms with Gasteiger partial charge in [-0.3, -0.25) is 0 Å². The van der Waals surface area contributed by atoms with Crippen LogP contribution < -0.4 is 5.32 Å². The van der Waals surface area contributed by atoms with Gasteiger partial charge in [0.15, 0.2) is 0 Å². The van der Waals surface area contributed by atoms with E-state index in [0.717, 1.165) is 4.88 Å². The summed E-state index contributed by atoms with van der Waals surface area (Å²) in [7, 11) is 0. The molecule has 0 amide bonds. The van der Waals surface area contributed by atoms with Crippen molar-refractivity contribution in [3.05, 3.63) is 46.1 Å². The number of aryl methyl sites for hydroxylation is 1. The molecule has 2 heterocycles. The Morgan fingerprint density at radius 1 is 1.20 bits per heavy atom. The number of benzene rings is 1. The normalized spacial score (nSPS) is 11.0. The van der Waals surface area contributed by atoms with Crippen LogP contribution in [0.2, 0.25) is 5.28 Å². The Bertz CT molecular complexity index is 783. The smallest absolute Gasteiger partial charge is 0.225 e. The number of hydrogen-bond donors (Lipinski definition) is 1. The molecule has 3 aromatic rings. The van der Waals surface area contributed by atoms with Gasteiger partial charge in [-0.15, -0.1) is 11.3 Å². The standard InChI is InChI=1S/C13H8ClF2N3S/c1-6-5-7-11(18-13(14)19-12(7)20-6)17-10-8(15)3-2-4-9(10)16/h2-5H,1H3,(H,17,18,19). The number of para-hydroxylation sites is 1. The van der Waals surface area contributed by atoms with Gasteiger partial charge in [0.1, 0.15) is 28.0 Å². The average molecular weight is 312 g/mol. The first kappa shape index (κ1) is 13.2. The van der Waals surface area contributed by atoms with Gasteiger partial charge in [-0.1, -0.05) is 6.07 Å². The van der Waals surface area contributed by atoms with Gasteiger partial charge < -0.3 is 5.32 Å². The number of halogens is 3. The molecular formula is C13H8ClF2N3S. The third-order valence-corrected chi connectivity index (χ3v) is 3.81. The fourth-order valence-corrected chi connectivity index (χ4v) is 2.95. The van der Waals surface area contributed by atoms with Crippen LogP contribution in [-0.2, 0) is 0 Å². The van der Waals surface area contributed by atoms with Crippen LogP contribution in [0.4, 0.5) is 20.3 Å². The number of hydrogen-bond acceptors (Lipinski definition) is 4. The highest BCUT2D eigenvalue weighted by Gasteiger charge is 2.14. The average Bonchev–Trinajstić information content (AvgIpc) is 2.74. The lowest BCUT2D eigenvalue weighted by Gasteiger charge is -2.08. The minimum Gasteiger partial charge on any atom is -0.335 e. The Hall–Kier alpha value is -1.79. The Morgan fingerprint density at radius 2 is 1.90 bits per heavy atom. The number of nitrogens with one attached hydrogen (secondary N) is 1. The number of rotatable bonds is 2. The molecular weight excluding hydrogens is 304 g/mol. The molecule has 0 aliphatic carbocycles. The van der Waals surface area contributed by atoms with E-state index in [-0.39, 0.29) is 16.8 Å². The summed E-state index contributed by atoms with van der Waals surface area (Å²) in [4.78, 5) is 9.77. The van der Waals surface area contributed by atoms with E-state index in [1.807, 2.05) is 13.0 Å². The fraction of sp³-hybridized carbons (Fsp3) is 0.0769. The summed E-state index contributed by atoms with van der Waals surface area (Å²) in [5.41, 5.74) is -0.257. The quantitative estimate of drug-likeness (QED) is 0.699. The van der Waals surface area contributed by atoms with E-state index in [0.29, 0.717) is 10.2 Å². The SMILES string of the molecule is Cc1cc2c(Nc3c(F)cccc3F)nc(Cl)nc2s1. The van der Waals surface area contributed by atoms with Crippen LogP contribution in [0.25, 0.3) is 10.2 Å². The molecule has 0 unspecified atom stereocenters. The molecule has 7 heteroatoms. The molecule has 1 aromatic carbocycles.